The molecule has 1 N–H and O–H groups in total. The Morgan fingerprint density at radius 3 is 2.57 bits per heavy atom. The normalized spacial score (nSPS) is 34.9. The minimum Gasteiger partial charge on any atom is -0.349 e. The Kier molecular flexibility index (Phi) is 3.79. The van der Waals surface area contributed by atoms with Crippen LogP contribution >= 0.6 is 0 Å². The van der Waals surface area contributed by atoms with Gasteiger partial charge in [0.05, 0.1) is 13.2 Å². The van der Waals surface area contributed by atoms with Gasteiger partial charge in [-0.05, 0) is 18.8 Å². The zero-order valence-electron chi connectivity index (χ0n) is 9.00. The highest BCUT2D eigenvalue weighted by molar-refractivity contribution is 4.78. The third-order valence-electron chi connectivity index (χ3n) is 3.35. The Balaban J connectivity index is 1.67. The Hall–Kier alpha value is -0.120. The lowest BCUT2D eigenvalue weighted by molar-refractivity contribution is -0.0421. The first kappa shape index (κ1) is 10.4. The van der Waals surface area contributed by atoms with E-state index in [1.165, 1.54) is 25.7 Å². The Morgan fingerprint density at radius 1 is 1.14 bits per heavy atom. The second-order valence-electron chi connectivity index (χ2n) is 4.45. The summed E-state index contributed by atoms with van der Waals surface area (Å²) < 4.78 is 10.8. The molecule has 3 nitrogen and oxygen atoms in total. The molecule has 0 radical (unpaired) electrons. The lowest BCUT2D eigenvalue weighted by Gasteiger charge is -2.30. The summed E-state index contributed by atoms with van der Waals surface area (Å²) in [5.41, 5.74) is 0. The first-order valence-electron chi connectivity index (χ1n) is 5.83. The molecule has 1 saturated carbocycles. The van der Waals surface area contributed by atoms with E-state index in [0.717, 1.165) is 25.7 Å². The predicted octanol–water partition coefficient (Wildman–Crippen LogP) is 1.53. The van der Waals surface area contributed by atoms with Gasteiger partial charge in [0.1, 0.15) is 0 Å². The van der Waals surface area contributed by atoms with Crippen LogP contribution in [0.5, 0.6) is 0 Å². The number of nitrogens with one attached hydrogen (secondary N) is 1. The Morgan fingerprint density at radius 2 is 1.86 bits per heavy atom. The van der Waals surface area contributed by atoms with Crippen molar-refractivity contribution in [2.45, 2.75) is 44.9 Å². The van der Waals surface area contributed by atoms with Crippen LogP contribution < -0.4 is 5.32 Å². The fourth-order valence-electron chi connectivity index (χ4n) is 2.39. The average molecular weight is 199 g/mol. The summed E-state index contributed by atoms with van der Waals surface area (Å²) in [4.78, 5) is 0. The summed E-state index contributed by atoms with van der Waals surface area (Å²) in [7, 11) is 0. The first-order valence-corrected chi connectivity index (χ1v) is 5.83. The van der Waals surface area contributed by atoms with Gasteiger partial charge in [0.2, 0.25) is 0 Å². The van der Waals surface area contributed by atoms with Gasteiger partial charge in [-0.15, -0.1) is 0 Å². The molecular weight excluding hydrogens is 178 g/mol. The molecule has 1 saturated heterocycles. The van der Waals surface area contributed by atoms with Crippen molar-refractivity contribution in [1.82, 2.24) is 5.32 Å². The van der Waals surface area contributed by atoms with Gasteiger partial charge in [-0.2, -0.15) is 0 Å². The van der Waals surface area contributed by atoms with Crippen LogP contribution in [0.2, 0.25) is 0 Å². The number of hydrogen-bond acceptors (Lipinski definition) is 3. The molecular formula is C11H21NO2. The SMILES string of the molecule is CC1CCCCC1NCC1OCCO1. The highest BCUT2D eigenvalue weighted by Gasteiger charge is 2.23. The molecule has 2 aliphatic rings. The number of hydrogen-bond donors (Lipinski definition) is 1. The van der Waals surface area contributed by atoms with Crippen molar-refractivity contribution in [3.8, 4) is 0 Å². The van der Waals surface area contributed by atoms with E-state index in [1.807, 2.05) is 0 Å². The monoisotopic (exact) mass is 199 g/mol. The molecule has 0 spiro atoms. The fourth-order valence-corrected chi connectivity index (χ4v) is 2.39. The summed E-state index contributed by atoms with van der Waals surface area (Å²) in [6.07, 6.45) is 5.45. The molecule has 1 aliphatic heterocycles. The molecule has 0 aromatic heterocycles. The third kappa shape index (κ3) is 2.69. The lowest BCUT2D eigenvalue weighted by Crippen LogP contribution is -2.41. The average Bonchev–Trinajstić information content (AvgIpc) is 2.69. The number of ether oxygens (including phenoxy) is 2. The van der Waals surface area contributed by atoms with Crippen molar-refractivity contribution in [3.63, 3.8) is 0 Å². The summed E-state index contributed by atoms with van der Waals surface area (Å²) in [6, 6.07) is 0.677. The van der Waals surface area contributed by atoms with E-state index in [-0.39, 0.29) is 6.29 Å². The molecule has 0 aromatic carbocycles. The van der Waals surface area contributed by atoms with E-state index in [0.29, 0.717) is 6.04 Å². The zero-order chi connectivity index (χ0) is 9.80. The van der Waals surface area contributed by atoms with Crippen molar-refractivity contribution in [3.05, 3.63) is 0 Å². The Labute approximate surface area is 86.2 Å². The van der Waals surface area contributed by atoms with E-state index in [1.54, 1.807) is 0 Å². The van der Waals surface area contributed by atoms with E-state index >= 15 is 0 Å². The smallest absolute Gasteiger partial charge is 0.170 e. The molecule has 3 heteroatoms. The van der Waals surface area contributed by atoms with Crippen LogP contribution in [0, 0.1) is 5.92 Å². The van der Waals surface area contributed by atoms with Gasteiger partial charge < -0.3 is 14.8 Å². The van der Waals surface area contributed by atoms with E-state index in [2.05, 4.69) is 12.2 Å². The quantitative estimate of drug-likeness (QED) is 0.747. The molecule has 1 aliphatic carbocycles. The fraction of sp³-hybridized carbons (Fsp3) is 1.00. The predicted molar refractivity (Wildman–Crippen MR) is 55.1 cm³/mol. The topological polar surface area (TPSA) is 30.5 Å². The third-order valence-corrected chi connectivity index (χ3v) is 3.35. The van der Waals surface area contributed by atoms with Crippen LogP contribution in [0.4, 0.5) is 0 Å². The molecule has 0 bridgehead atoms. The second-order valence-corrected chi connectivity index (χ2v) is 4.45. The van der Waals surface area contributed by atoms with Gasteiger partial charge in [-0.1, -0.05) is 19.8 Å². The van der Waals surface area contributed by atoms with Gasteiger partial charge in [0.15, 0.2) is 6.29 Å². The highest BCUT2D eigenvalue weighted by Crippen LogP contribution is 2.23. The van der Waals surface area contributed by atoms with E-state index < -0.39 is 0 Å². The second kappa shape index (κ2) is 5.10. The molecule has 0 aromatic rings. The van der Waals surface area contributed by atoms with Gasteiger partial charge in [0.25, 0.3) is 0 Å². The minimum absolute atomic E-state index is 0.00382. The van der Waals surface area contributed by atoms with Crippen LogP contribution in [0.1, 0.15) is 32.6 Å². The molecule has 0 amide bonds. The van der Waals surface area contributed by atoms with Crippen LogP contribution in [-0.2, 0) is 9.47 Å². The van der Waals surface area contributed by atoms with Gasteiger partial charge in [-0.3, -0.25) is 0 Å². The summed E-state index contributed by atoms with van der Waals surface area (Å²) in [5, 5.41) is 3.56. The molecule has 2 fully saturated rings. The van der Waals surface area contributed by atoms with Gasteiger partial charge in [-0.25, -0.2) is 0 Å². The van der Waals surface area contributed by atoms with Gasteiger partial charge in [0, 0.05) is 12.6 Å². The minimum atomic E-state index is 0.00382. The summed E-state index contributed by atoms with van der Waals surface area (Å²) >= 11 is 0. The van der Waals surface area contributed by atoms with Crippen LogP contribution in [0.3, 0.4) is 0 Å². The highest BCUT2D eigenvalue weighted by atomic mass is 16.7. The lowest BCUT2D eigenvalue weighted by atomic mass is 9.86. The standard InChI is InChI=1S/C11H21NO2/c1-9-4-2-3-5-10(9)12-8-11-13-6-7-14-11/h9-12H,2-8H2,1H3. The van der Waals surface area contributed by atoms with Crippen molar-refractivity contribution in [2.24, 2.45) is 5.92 Å². The zero-order valence-corrected chi connectivity index (χ0v) is 9.00. The molecule has 1 heterocycles. The van der Waals surface area contributed by atoms with Crippen LogP contribution in [0.25, 0.3) is 0 Å². The first-order chi connectivity index (χ1) is 6.86. The van der Waals surface area contributed by atoms with E-state index in [4.69, 9.17) is 9.47 Å². The van der Waals surface area contributed by atoms with Gasteiger partial charge >= 0.3 is 0 Å². The van der Waals surface area contributed by atoms with Crippen molar-refractivity contribution in [2.75, 3.05) is 19.8 Å². The summed E-state index contributed by atoms with van der Waals surface area (Å²) in [5.74, 6) is 0.810. The summed E-state index contributed by atoms with van der Waals surface area (Å²) in [6.45, 7) is 4.71. The molecule has 2 unspecified atom stereocenters. The van der Waals surface area contributed by atoms with Crippen LogP contribution in [-0.4, -0.2) is 32.1 Å². The Bertz CT molecular complexity index is 169. The van der Waals surface area contributed by atoms with Crippen molar-refractivity contribution < 1.29 is 9.47 Å². The molecule has 2 atom stereocenters. The maximum atomic E-state index is 5.39. The molecule has 82 valence electrons. The van der Waals surface area contributed by atoms with Crippen LogP contribution in [0.15, 0.2) is 0 Å². The van der Waals surface area contributed by atoms with Crippen molar-refractivity contribution in [1.29, 1.82) is 0 Å². The molecule has 14 heavy (non-hydrogen) atoms. The maximum Gasteiger partial charge on any atom is 0.170 e. The molecule has 2 rings (SSSR count). The number of rotatable bonds is 3. The maximum absolute atomic E-state index is 5.39. The largest absolute Gasteiger partial charge is 0.349 e. The van der Waals surface area contributed by atoms with E-state index in [9.17, 15) is 0 Å². The van der Waals surface area contributed by atoms with Crippen molar-refractivity contribution >= 4 is 0 Å².